The predicted octanol–water partition coefficient (Wildman–Crippen LogP) is 4.94. The number of nitrogens with zero attached hydrogens (tertiary/aromatic N) is 1. The van der Waals surface area contributed by atoms with Crippen LogP contribution >= 0.6 is 0 Å². The number of aromatic nitrogens is 1. The van der Waals surface area contributed by atoms with Gasteiger partial charge in [0.25, 0.3) is 5.91 Å². The molecular weight excluding hydrogens is 396 g/mol. The molecule has 0 aliphatic heterocycles. The maximum absolute atomic E-state index is 13.4. The first kappa shape index (κ1) is 19.8. The Labute approximate surface area is 175 Å². The zero-order valence-electron chi connectivity index (χ0n) is 16.6. The maximum atomic E-state index is 13.4. The van der Waals surface area contributed by atoms with E-state index in [0.717, 1.165) is 5.56 Å². The van der Waals surface area contributed by atoms with Gasteiger partial charge in [0.15, 0.2) is 0 Å². The van der Waals surface area contributed by atoms with Crippen LogP contribution < -0.4 is 5.32 Å². The molecule has 0 radical (unpaired) electrons. The average molecular weight is 417 g/mol. The molecule has 0 unspecified atom stereocenters. The van der Waals surface area contributed by atoms with E-state index in [0.29, 0.717) is 22.0 Å². The normalized spacial score (nSPS) is 11.4. The summed E-state index contributed by atoms with van der Waals surface area (Å²) in [6, 6.07) is 20.7. The first-order valence-electron chi connectivity index (χ1n) is 9.44. The zero-order chi connectivity index (χ0) is 21.3. The molecular formula is C24H20N2O3S. The van der Waals surface area contributed by atoms with Crippen molar-refractivity contribution in [2.45, 2.75) is 23.6 Å². The highest BCUT2D eigenvalue weighted by Gasteiger charge is 2.23. The van der Waals surface area contributed by atoms with Gasteiger partial charge in [-0.1, -0.05) is 48.0 Å². The fourth-order valence-corrected chi connectivity index (χ4v) is 4.93. The van der Waals surface area contributed by atoms with Crippen molar-refractivity contribution in [3.8, 4) is 0 Å². The quantitative estimate of drug-likeness (QED) is 0.511. The summed E-state index contributed by atoms with van der Waals surface area (Å²) in [7, 11) is -3.73. The van der Waals surface area contributed by atoms with Crippen LogP contribution in [0, 0.1) is 13.8 Å². The number of rotatable bonds is 4. The monoisotopic (exact) mass is 416 g/mol. The average Bonchev–Trinajstić information content (AvgIpc) is 2.76. The third-order valence-electron chi connectivity index (χ3n) is 4.96. The molecule has 0 aliphatic rings. The van der Waals surface area contributed by atoms with E-state index in [1.165, 1.54) is 0 Å². The smallest absolute Gasteiger partial charge is 0.274 e. The van der Waals surface area contributed by atoms with Crippen molar-refractivity contribution in [3.05, 3.63) is 95.8 Å². The molecule has 0 spiro atoms. The number of carbonyl (C=O) groups excluding carboxylic acids is 1. The molecule has 0 bridgehead atoms. The third-order valence-corrected chi connectivity index (χ3v) is 6.77. The largest absolute Gasteiger partial charge is 0.320 e. The predicted molar refractivity (Wildman–Crippen MR) is 118 cm³/mol. The number of sulfone groups is 1. The number of nitrogens with one attached hydrogen (secondary N) is 1. The highest BCUT2D eigenvalue weighted by molar-refractivity contribution is 7.91. The molecule has 0 fully saturated rings. The van der Waals surface area contributed by atoms with Gasteiger partial charge in [0.05, 0.1) is 15.5 Å². The fourth-order valence-electron chi connectivity index (χ4n) is 3.38. The van der Waals surface area contributed by atoms with Crippen molar-refractivity contribution in [2.75, 3.05) is 5.32 Å². The van der Waals surface area contributed by atoms with Crippen LogP contribution in [0.3, 0.4) is 0 Å². The highest BCUT2D eigenvalue weighted by atomic mass is 32.2. The van der Waals surface area contributed by atoms with E-state index in [1.54, 1.807) is 73.8 Å². The van der Waals surface area contributed by atoms with Gasteiger partial charge in [-0.2, -0.15) is 0 Å². The fraction of sp³-hybridized carbons (Fsp3) is 0.0833. The van der Waals surface area contributed by atoms with Crippen LogP contribution in [0.4, 0.5) is 5.69 Å². The number of fused-ring (bicyclic) bond motifs is 1. The summed E-state index contributed by atoms with van der Waals surface area (Å²) in [4.78, 5) is 17.2. The first-order valence-corrected chi connectivity index (χ1v) is 10.9. The molecule has 4 aromatic rings. The van der Waals surface area contributed by atoms with Crippen LogP contribution in [-0.4, -0.2) is 19.3 Å². The van der Waals surface area contributed by atoms with Crippen molar-refractivity contribution in [1.82, 2.24) is 4.98 Å². The summed E-state index contributed by atoms with van der Waals surface area (Å²) >= 11 is 0. The molecule has 1 heterocycles. The van der Waals surface area contributed by atoms with Crippen molar-refractivity contribution in [1.29, 1.82) is 0 Å². The lowest BCUT2D eigenvalue weighted by Gasteiger charge is -2.16. The van der Waals surface area contributed by atoms with Gasteiger partial charge >= 0.3 is 0 Å². The van der Waals surface area contributed by atoms with E-state index in [4.69, 9.17) is 0 Å². The molecule has 0 saturated carbocycles. The Morgan fingerprint density at radius 2 is 1.53 bits per heavy atom. The molecule has 3 aromatic carbocycles. The minimum atomic E-state index is -3.73. The Bertz CT molecular complexity index is 1350. The van der Waals surface area contributed by atoms with Gasteiger partial charge in [-0.3, -0.25) is 9.78 Å². The van der Waals surface area contributed by atoms with Crippen LogP contribution in [-0.2, 0) is 9.84 Å². The summed E-state index contributed by atoms with van der Waals surface area (Å²) in [5.74, 6) is -0.349. The van der Waals surface area contributed by atoms with Crippen LogP contribution in [0.15, 0.2) is 88.8 Å². The summed E-state index contributed by atoms with van der Waals surface area (Å²) in [5.41, 5.74) is 2.51. The topological polar surface area (TPSA) is 76.1 Å². The first-order chi connectivity index (χ1) is 14.4. The van der Waals surface area contributed by atoms with Crippen LogP contribution in [0.2, 0.25) is 0 Å². The Balaban J connectivity index is 1.86. The molecule has 1 aromatic heterocycles. The SMILES string of the molecule is Cc1ccc(S(=O)(=O)c2cc(C)c(NC(=O)c3ccccn3)c3ccccc23)cc1. The third kappa shape index (κ3) is 3.57. The van der Waals surface area contributed by atoms with E-state index in [1.807, 2.05) is 19.1 Å². The minimum Gasteiger partial charge on any atom is -0.320 e. The number of anilines is 1. The Morgan fingerprint density at radius 1 is 0.867 bits per heavy atom. The van der Waals surface area contributed by atoms with Gasteiger partial charge < -0.3 is 5.32 Å². The van der Waals surface area contributed by atoms with Gasteiger partial charge in [-0.05, 0) is 49.7 Å². The second-order valence-corrected chi connectivity index (χ2v) is 9.02. The maximum Gasteiger partial charge on any atom is 0.274 e. The van der Waals surface area contributed by atoms with Crippen LogP contribution in [0.25, 0.3) is 10.8 Å². The molecule has 6 heteroatoms. The molecule has 1 amide bonds. The van der Waals surface area contributed by atoms with Crippen molar-refractivity contribution in [3.63, 3.8) is 0 Å². The zero-order valence-corrected chi connectivity index (χ0v) is 17.4. The van der Waals surface area contributed by atoms with Crippen molar-refractivity contribution < 1.29 is 13.2 Å². The van der Waals surface area contributed by atoms with Gasteiger partial charge in [-0.25, -0.2) is 8.42 Å². The number of hydrogen-bond acceptors (Lipinski definition) is 4. The van der Waals surface area contributed by atoms with E-state index in [9.17, 15) is 13.2 Å². The molecule has 150 valence electrons. The number of hydrogen-bond donors (Lipinski definition) is 1. The molecule has 0 saturated heterocycles. The second kappa shape index (κ2) is 7.72. The van der Waals surface area contributed by atoms with Gasteiger partial charge in [0.1, 0.15) is 5.69 Å². The Hall–Kier alpha value is -3.51. The molecule has 30 heavy (non-hydrogen) atoms. The van der Waals surface area contributed by atoms with Gasteiger partial charge in [-0.15, -0.1) is 0 Å². The lowest BCUT2D eigenvalue weighted by molar-refractivity contribution is 0.102. The van der Waals surface area contributed by atoms with Gasteiger partial charge in [0, 0.05) is 17.0 Å². The number of benzene rings is 3. The minimum absolute atomic E-state index is 0.218. The molecule has 5 nitrogen and oxygen atoms in total. The summed E-state index contributed by atoms with van der Waals surface area (Å²) < 4.78 is 26.7. The molecule has 0 aliphatic carbocycles. The number of carbonyl (C=O) groups is 1. The lowest BCUT2D eigenvalue weighted by Crippen LogP contribution is -2.15. The van der Waals surface area contributed by atoms with Gasteiger partial charge in [0.2, 0.25) is 9.84 Å². The van der Waals surface area contributed by atoms with E-state index in [2.05, 4.69) is 10.3 Å². The Morgan fingerprint density at radius 3 is 2.20 bits per heavy atom. The standard InChI is InChI=1S/C24H20N2O3S/c1-16-10-12-18(13-11-16)30(28,29)22-15-17(2)23(20-8-4-3-7-19(20)22)26-24(27)21-9-5-6-14-25-21/h3-15H,1-2H3,(H,26,27). The Kier molecular flexibility index (Phi) is 5.10. The summed E-state index contributed by atoms with van der Waals surface area (Å²) in [6.07, 6.45) is 1.55. The molecule has 0 atom stereocenters. The van der Waals surface area contributed by atoms with E-state index >= 15 is 0 Å². The summed E-state index contributed by atoms with van der Waals surface area (Å²) in [5, 5.41) is 4.11. The molecule has 4 rings (SSSR count). The highest BCUT2D eigenvalue weighted by Crippen LogP contribution is 2.35. The number of amides is 1. The van der Waals surface area contributed by atoms with Crippen molar-refractivity contribution in [2.24, 2.45) is 0 Å². The summed E-state index contributed by atoms with van der Waals surface area (Å²) in [6.45, 7) is 3.70. The lowest BCUT2D eigenvalue weighted by atomic mass is 10.0. The molecule has 1 N–H and O–H groups in total. The van der Waals surface area contributed by atoms with Crippen LogP contribution in [0.5, 0.6) is 0 Å². The number of pyridine rings is 1. The number of aryl methyl sites for hydroxylation is 2. The van der Waals surface area contributed by atoms with Crippen molar-refractivity contribution >= 4 is 32.2 Å². The second-order valence-electron chi connectivity index (χ2n) is 7.10. The van der Waals surface area contributed by atoms with E-state index in [-0.39, 0.29) is 21.4 Å². The van der Waals surface area contributed by atoms with Crippen LogP contribution in [0.1, 0.15) is 21.6 Å². The van der Waals surface area contributed by atoms with E-state index < -0.39 is 9.84 Å².